The number of hydrogen-bond donors (Lipinski definition) is 2. The molecule has 3 rings (SSSR count). The zero-order valence-electron chi connectivity index (χ0n) is 14.4. The summed E-state index contributed by atoms with van der Waals surface area (Å²) in [6.45, 7) is -0.0358. The van der Waals surface area contributed by atoms with Crippen molar-refractivity contribution in [3.63, 3.8) is 0 Å². The van der Waals surface area contributed by atoms with Gasteiger partial charge in [-0.25, -0.2) is 0 Å². The van der Waals surface area contributed by atoms with E-state index in [0.717, 1.165) is 4.90 Å². The molecule has 0 aliphatic heterocycles. The number of nitrogens with one attached hydrogen (secondary N) is 2. The summed E-state index contributed by atoms with van der Waals surface area (Å²) in [6, 6.07) is 13.2. The number of hydrazine groups is 1. The minimum absolute atomic E-state index is 0.0137. The number of nitro groups is 1. The smallest absolute Gasteiger partial charge is 0.270 e. The van der Waals surface area contributed by atoms with Crippen molar-refractivity contribution in [2.75, 3.05) is 5.75 Å². The Balaban J connectivity index is 1.50. The fourth-order valence-corrected chi connectivity index (χ4v) is 3.31. The third kappa shape index (κ3) is 5.02. The van der Waals surface area contributed by atoms with E-state index in [1.807, 2.05) is 0 Å². The number of thioether (sulfide) groups is 1. The van der Waals surface area contributed by atoms with Gasteiger partial charge in [0.15, 0.2) is 0 Å². The highest BCUT2D eigenvalue weighted by molar-refractivity contribution is 8.00. The Bertz CT molecular complexity index is 1040. The molecule has 0 saturated heterocycles. The molecule has 1 heterocycles. The molecule has 0 atom stereocenters. The van der Waals surface area contributed by atoms with Gasteiger partial charge in [-0.1, -0.05) is 11.6 Å². The van der Waals surface area contributed by atoms with E-state index in [1.165, 1.54) is 23.9 Å². The van der Waals surface area contributed by atoms with Gasteiger partial charge in [0.25, 0.3) is 11.6 Å². The van der Waals surface area contributed by atoms with E-state index in [0.29, 0.717) is 15.9 Å². The van der Waals surface area contributed by atoms with Crippen LogP contribution in [0, 0.1) is 10.1 Å². The second kappa shape index (κ2) is 8.77. The van der Waals surface area contributed by atoms with Crippen molar-refractivity contribution in [2.45, 2.75) is 11.4 Å². The first-order valence-electron chi connectivity index (χ1n) is 8.12. The molecule has 28 heavy (non-hydrogen) atoms. The van der Waals surface area contributed by atoms with E-state index >= 15 is 0 Å². The molecule has 0 fully saturated rings. The summed E-state index contributed by atoms with van der Waals surface area (Å²) < 4.78 is 1.64. The third-order valence-electron chi connectivity index (χ3n) is 3.80. The first-order valence-corrected chi connectivity index (χ1v) is 9.48. The van der Waals surface area contributed by atoms with Crippen molar-refractivity contribution in [2.24, 2.45) is 0 Å². The highest BCUT2D eigenvalue weighted by Crippen LogP contribution is 2.22. The van der Waals surface area contributed by atoms with Gasteiger partial charge in [0, 0.05) is 39.2 Å². The van der Waals surface area contributed by atoms with Crippen LogP contribution < -0.4 is 10.9 Å². The first kappa shape index (κ1) is 19.7. The molecular formula is C18H15ClN4O4S. The molecule has 0 saturated carbocycles. The van der Waals surface area contributed by atoms with E-state index < -0.39 is 10.8 Å². The summed E-state index contributed by atoms with van der Waals surface area (Å²) in [5, 5.41) is 12.1. The highest BCUT2D eigenvalue weighted by atomic mass is 35.5. The van der Waals surface area contributed by atoms with Crippen molar-refractivity contribution in [1.29, 1.82) is 0 Å². The van der Waals surface area contributed by atoms with Crippen LogP contribution in [0.3, 0.4) is 0 Å². The number of carbonyl (C=O) groups is 2. The van der Waals surface area contributed by atoms with Crippen LogP contribution >= 0.6 is 23.4 Å². The SMILES string of the molecule is O=C(CSc1ccc(Cl)cc1)NNC(=O)Cn1ccc2cc([N+](=O)[O-])ccc21. The van der Waals surface area contributed by atoms with Crippen molar-refractivity contribution in [3.8, 4) is 0 Å². The van der Waals surface area contributed by atoms with Gasteiger partial charge in [-0.05, 0) is 36.4 Å². The Morgan fingerprint density at radius 2 is 1.79 bits per heavy atom. The molecule has 0 aliphatic rings. The highest BCUT2D eigenvalue weighted by Gasteiger charge is 2.11. The minimum Gasteiger partial charge on any atom is -0.338 e. The van der Waals surface area contributed by atoms with Crippen molar-refractivity contribution < 1.29 is 14.5 Å². The van der Waals surface area contributed by atoms with Crippen LogP contribution in [0.25, 0.3) is 10.9 Å². The predicted molar refractivity (Wildman–Crippen MR) is 107 cm³/mol. The Morgan fingerprint density at radius 1 is 1.07 bits per heavy atom. The molecule has 0 radical (unpaired) electrons. The maximum atomic E-state index is 12.1. The number of halogens is 1. The zero-order valence-corrected chi connectivity index (χ0v) is 16.0. The molecule has 2 aromatic carbocycles. The summed E-state index contributed by atoms with van der Waals surface area (Å²) >= 11 is 7.12. The summed E-state index contributed by atoms with van der Waals surface area (Å²) in [7, 11) is 0. The molecule has 0 spiro atoms. The lowest BCUT2D eigenvalue weighted by molar-refractivity contribution is -0.384. The van der Waals surface area contributed by atoms with Crippen LogP contribution in [0.2, 0.25) is 5.02 Å². The van der Waals surface area contributed by atoms with E-state index in [2.05, 4.69) is 10.9 Å². The number of hydrogen-bond acceptors (Lipinski definition) is 5. The van der Waals surface area contributed by atoms with Crippen LogP contribution in [0.15, 0.2) is 59.6 Å². The third-order valence-corrected chi connectivity index (χ3v) is 5.07. The summed E-state index contributed by atoms with van der Waals surface area (Å²) in [6.07, 6.45) is 1.66. The van der Waals surface area contributed by atoms with E-state index in [9.17, 15) is 19.7 Å². The molecule has 8 nitrogen and oxygen atoms in total. The molecule has 0 bridgehead atoms. The summed E-state index contributed by atoms with van der Waals surface area (Å²) in [4.78, 5) is 35.2. The number of amides is 2. The molecule has 2 amide bonds. The number of carbonyl (C=O) groups excluding carboxylic acids is 2. The maximum absolute atomic E-state index is 12.1. The fourth-order valence-electron chi connectivity index (χ4n) is 2.49. The lowest BCUT2D eigenvalue weighted by atomic mass is 10.2. The van der Waals surface area contributed by atoms with Gasteiger partial charge < -0.3 is 4.57 Å². The number of nitrogens with zero attached hydrogens (tertiary/aromatic N) is 2. The van der Waals surface area contributed by atoms with Gasteiger partial charge in [0.05, 0.1) is 10.7 Å². The quantitative estimate of drug-likeness (QED) is 0.363. The summed E-state index contributed by atoms with van der Waals surface area (Å²) in [5.74, 6) is -0.625. The van der Waals surface area contributed by atoms with Gasteiger partial charge in [-0.2, -0.15) is 0 Å². The van der Waals surface area contributed by atoms with E-state index in [1.54, 1.807) is 47.2 Å². The monoisotopic (exact) mass is 418 g/mol. The Hall–Kier alpha value is -3.04. The number of non-ortho nitro benzene ring substituents is 1. The topological polar surface area (TPSA) is 106 Å². The number of aromatic nitrogens is 1. The fraction of sp³-hybridized carbons (Fsp3) is 0.111. The Labute approximate surface area is 169 Å². The van der Waals surface area contributed by atoms with Crippen molar-refractivity contribution >= 4 is 51.8 Å². The molecule has 0 unspecified atom stereocenters. The van der Waals surface area contributed by atoms with Gasteiger partial charge in [0.2, 0.25) is 5.91 Å². The second-order valence-corrected chi connectivity index (χ2v) is 7.27. The van der Waals surface area contributed by atoms with Crippen molar-refractivity contribution in [1.82, 2.24) is 15.4 Å². The largest absolute Gasteiger partial charge is 0.338 e. The van der Waals surface area contributed by atoms with E-state index in [4.69, 9.17) is 11.6 Å². The Morgan fingerprint density at radius 3 is 2.50 bits per heavy atom. The number of nitro benzene ring substituents is 1. The zero-order chi connectivity index (χ0) is 20.1. The Kier molecular flexibility index (Phi) is 6.17. The van der Waals surface area contributed by atoms with Crippen molar-refractivity contribution in [3.05, 3.63) is 69.9 Å². The van der Waals surface area contributed by atoms with Gasteiger partial charge in [0.1, 0.15) is 6.54 Å². The molecule has 0 aliphatic carbocycles. The van der Waals surface area contributed by atoms with Gasteiger partial charge >= 0.3 is 0 Å². The normalized spacial score (nSPS) is 10.6. The first-order chi connectivity index (χ1) is 13.4. The maximum Gasteiger partial charge on any atom is 0.270 e. The minimum atomic E-state index is -0.471. The van der Waals surface area contributed by atoms with Gasteiger partial charge in [-0.3, -0.25) is 30.6 Å². The van der Waals surface area contributed by atoms with Crippen LogP contribution in [-0.4, -0.2) is 27.1 Å². The molecular weight excluding hydrogens is 404 g/mol. The number of benzene rings is 2. The number of rotatable bonds is 6. The molecule has 3 aromatic rings. The lowest BCUT2D eigenvalue weighted by Crippen LogP contribution is -2.43. The van der Waals surface area contributed by atoms with Gasteiger partial charge in [-0.15, -0.1) is 11.8 Å². The predicted octanol–water partition coefficient (Wildman–Crippen LogP) is 3.14. The van der Waals surface area contributed by atoms with Crippen LogP contribution in [0.4, 0.5) is 5.69 Å². The molecule has 2 N–H and O–H groups in total. The number of fused-ring (bicyclic) bond motifs is 1. The summed E-state index contributed by atoms with van der Waals surface area (Å²) in [5.41, 5.74) is 5.39. The second-order valence-electron chi connectivity index (χ2n) is 5.78. The average Bonchev–Trinajstić information content (AvgIpc) is 3.08. The molecule has 10 heteroatoms. The molecule has 144 valence electrons. The van der Waals surface area contributed by atoms with E-state index in [-0.39, 0.29) is 23.9 Å². The lowest BCUT2D eigenvalue weighted by Gasteiger charge is -2.09. The van der Waals surface area contributed by atoms with Crippen LogP contribution in [0.1, 0.15) is 0 Å². The average molecular weight is 419 g/mol. The molecule has 1 aromatic heterocycles. The van der Waals surface area contributed by atoms with Crippen LogP contribution in [-0.2, 0) is 16.1 Å². The standard InChI is InChI=1S/C18H15ClN4O4S/c19-13-1-4-15(5-2-13)28-11-18(25)21-20-17(24)10-22-8-7-12-9-14(23(26)27)3-6-16(12)22/h1-9H,10-11H2,(H,20,24)(H,21,25). The van der Waals surface area contributed by atoms with Crippen LogP contribution in [0.5, 0.6) is 0 Å².